The van der Waals surface area contributed by atoms with Crippen molar-refractivity contribution in [1.29, 1.82) is 0 Å². The Morgan fingerprint density at radius 3 is 2.59 bits per heavy atom. The van der Waals surface area contributed by atoms with E-state index in [4.69, 9.17) is 11.6 Å². The number of nitrogens with zero attached hydrogens (tertiary/aromatic N) is 6. The van der Waals surface area contributed by atoms with Crippen LogP contribution in [0.2, 0.25) is 5.02 Å². The largest absolute Gasteiger partial charge is 0.446 e. The highest BCUT2D eigenvalue weighted by Crippen LogP contribution is 2.21. The zero-order chi connectivity index (χ0) is 19.1. The number of benzene rings is 1. The number of imide groups is 1. The van der Waals surface area contributed by atoms with E-state index in [-0.39, 0.29) is 5.71 Å². The molecule has 1 aromatic carbocycles. The number of fused-ring (bicyclic) bond motifs is 1. The van der Waals surface area contributed by atoms with Crippen molar-refractivity contribution in [3.8, 4) is 0 Å². The monoisotopic (exact) mass is 387 g/mol. The summed E-state index contributed by atoms with van der Waals surface area (Å²) in [6.07, 6.45) is 0. The molecule has 1 aromatic rings. The topological polar surface area (TPSA) is 71.6 Å². The van der Waals surface area contributed by atoms with E-state index in [0.717, 1.165) is 41.8 Å². The highest BCUT2D eigenvalue weighted by molar-refractivity contribution is 6.70. The fraction of sp³-hybridized carbons (Fsp3) is 0.389. The predicted molar refractivity (Wildman–Crippen MR) is 104 cm³/mol. The number of hydrogen-bond donors (Lipinski definition) is 0. The lowest BCUT2D eigenvalue weighted by Crippen LogP contribution is -2.51. The molecule has 1 saturated heterocycles. The summed E-state index contributed by atoms with van der Waals surface area (Å²) in [6.45, 7) is 4.01. The van der Waals surface area contributed by atoms with Crippen LogP contribution in [0, 0.1) is 0 Å². The van der Waals surface area contributed by atoms with Crippen molar-refractivity contribution in [2.24, 2.45) is 9.98 Å². The summed E-state index contributed by atoms with van der Waals surface area (Å²) in [5, 5.41) is 0.735. The van der Waals surface area contributed by atoms with Gasteiger partial charge in [0, 0.05) is 36.9 Å². The van der Waals surface area contributed by atoms with Crippen LogP contribution in [0.25, 0.3) is 0 Å². The van der Waals surface area contributed by atoms with Gasteiger partial charge in [-0.05, 0) is 18.2 Å². The average molecular weight is 388 g/mol. The summed E-state index contributed by atoms with van der Waals surface area (Å²) in [7, 11) is 3.06. The van der Waals surface area contributed by atoms with Crippen LogP contribution in [0.3, 0.4) is 0 Å². The van der Waals surface area contributed by atoms with Crippen LogP contribution in [0.4, 0.5) is 10.5 Å². The van der Waals surface area contributed by atoms with Gasteiger partial charge >= 0.3 is 17.8 Å². The first-order valence-corrected chi connectivity index (χ1v) is 9.14. The average Bonchev–Trinajstić information content (AvgIpc) is 3.09. The SMILES string of the molecule is CN1C(=O)C2=NC(CN3CCN(c4cccc(Cl)c4)CC3)=NC2=[N+](C)C1=O. The van der Waals surface area contributed by atoms with Gasteiger partial charge in [0.05, 0.1) is 20.6 Å². The molecule has 0 saturated carbocycles. The molecular weight excluding hydrogens is 368 g/mol. The molecule has 3 aliphatic heterocycles. The molecule has 0 atom stereocenters. The first-order chi connectivity index (χ1) is 12.9. The Bertz CT molecular complexity index is 914. The van der Waals surface area contributed by atoms with E-state index in [1.807, 2.05) is 18.2 Å². The van der Waals surface area contributed by atoms with Crippen molar-refractivity contribution in [3.05, 3.63) is 29.3 Å². The Kier molecular flexibility index (Phi) is 4.53. The zero-order valence-electron chi connectivity index (χ0n) is 15.2. The number of hydrogen-bond acceptors (Lipinski definition) is 6. The fourth-order valence-corrected chi connectivity index (χ4v) is 3.61. The zero-order valence-corrected chi connectivity index (χ0v) is 16.0. The van der Waals surface area contributed by atoms with Crippen molar-refractivity contribution < 1.29 is 14.2 Å². The molecule has 0 N–H and O–H groups in total. The Morgan fingerprint density at radius 2 is 1.89 bits per heavy atom. The Hall–Kier alpha value is -2.58. The molecule has 0 bridgehead atoms. The smallest absolute Gasteiger partial charge is 0.369 e. The lowest BCUT2D eigenvalue weighted by molar-refractivity contribution is -0.401. The second-order valence-electron chi connectivity index (χ2n) is 6.76. The van der Waals surface area contributed by atoms with Gasteiger partial charge in [0.15, 0.2) is 0 Å². The number of anilines is 1. The van der Waals surface area contributed by atoms with Gasteiger partial charge < -0.3 is 4.90 Å². The van der Waals surface area contributed by atoms with Gasteiger partial charge in [0.25, 0.3) is 0 Å². The maximum atomic E-state index is 12.3. The number of piperazine rings is 1. The standard InChI is InChI=1S/C18H20ClN6O2/c1-22-16-15(17(26)23(2)18(22)27)20-14(21-16)11-24-6-8-25(9-7-24)13-5-3-4-12(19)10-13/h3-5,10H,6-9,11H2,1-2H3/q+1. The predicted octanol–water partition coefficient (Wildman–Crippen LogP) is 0.948. The third-order valence-corrected chi connectivity index (χ3v) is 5.23. The van der Waals surface area contributed by atoms with Gasteiger partial charge in [-0.2, -0.15) is 9.48 Å². The summed E-state index contributed by atoms with van der Waals surface area (Å²) in [5.74, 6) is 0.507. The van der Waals surface area contributed by atoms with Crippen molar-refractivity contribution in [2.45, 2.75) is 0 Å². The normalized spacial score (nSPS) is 20.9. The molecule has 4 rings (SSSR count). The van der Waals surface area contributed by atoms with Crippen LogP contribution in [-0.4, -0.2) is 90.5 Å². The Labute approximate surface area is 162 Å². The molecule has 0 radical (unpaired) electrons. The third kappa shape index (κ3) is 3.26. The minimum absolute atomic E-state index is 0.243. The first kappa shape index (κ1) is 17.8. The molecule has 140 valence electrons. The summed E-state index contributed by atoms with van der Waals surface area (Å²) in [6, 6.07) is 7.47. The third-order valence-electron chi connectivity index (χ3n) is 5.00. The summed E-state index contributed by atoms with van der Waals surface area (Å²) in [5.41, 5.74) is 1.36. The molecule has 3 aliphatic rings. The number of rotatable bonds is 3. The summed E-state index contributed by atoms with van der Waals surface area (Å²) >= 11 is 6.08. The van der Waals surface area contributed by atoms with E-state index in [1.165, 1.54) is 11.6 Å². The van der Waals surface area contributed by atoms with E-state index in [0.29, 0.717) is 18.2 Å². The molecule has 8 nitrogen and oxygen atoms in total. The molecule has 0 unspecified atom stereocenters. The van der Waals surface area contributed by atoms with E-state index in [1.54, 1.807) is 7.05 Å². The molecular formula is C18H20ClN6O2+. The second-order valence-corrected chi connectivity index (χ2v) is 7.20. The van der Waals surface area contributed by atoms with Gasteiger partial charge in [-0.15, -0.1) is 0 Å². The van der Waals surface area contributed by atoms with Crippen LogP contribution >= 0.6 is 11.6 Å². The Balaban J connectivity index is 1.43. The quantitative estimate of drug-likeness (QED) is 0.724. The lowest BCUT2D eigenvalue weighted by atomic mass is 10.2. The highest BCUT2D eigenvalue weighted by atomic mass is 35.5. The van der Waals surface area contributed by atoms with Crippen LogP contribution in [0.5, 0.6) is 0 Å². The highest BCUT2D eigenvalue weighted by Gasteiger charge is 2.44. The van der Waals surface area contributed by atoms with Crippen LogP contribution in [0.1, 0.15) is 0 Å². The second kappa shape index (κ2) is 6.86. The minimum Gasteiger partial charge on any atom is -0.369 e. The summed E-state index contributed by atoms with van der Waals surface area (Å²) < 4.78 is 1.37. The number of urea groups is 1. The van der Waals surface area contributed by atoms with Crippen LogP contribution < -0.4 is 4.90 Å². The van der Waals surface area contributed by atoms with Gasteiger partial charge in [-0.1, -0.05) is 22.7 Å². The van der Waals surface area contributed by atoms with Gasteiger partial charge in [-0.3, -0.25) is 4.90 Å². The number of halogens is 1. The van der Waals surface area contributed by atoms with Crippen LogP contribution in [-0.2, 0) is 4.79 Å². The van der Waals surface area contributed by atoms with Crippen LogP contribution in [0.15, 0.2) is 34.3 Å². The number of carbonyl (C=O) groups excluding carboxylic acids is 2. The van der Waals surface area contributed by atoms with Crippen molar-refractivity contribution in [1.82, 2.24) is 9.80 Å². The molecule has 27 heavy (non-hydrogen) atoms. The van der Waals surface area contributed by atoms with E-state index in [9.17, 15) is 9.59 Å². The lowest BCUT2D eigenvalue weighted by Gasteiger charge is -2.35. The number of amidine groups is 2. The fourth-order valence-electron chi connectivity index (χ4n) is 3.43. The number of aliphatic imine (C=N–C) groups is 2. The molecule has 0 aliphatic carbocycles. The van der Waals surface area contributed by atoms with Gasteiger partial charge in [-0.25, -0.2) is 14.6 Å². The molecule has 1 fully saturated rings. The van der Waals surface area contributed by atoms with E-state index in [2.05, 4.69) is 25.9 Å². The maximum absolute atomic E-state index is 12.3. The van der Waals surface area contributed by atoms with Gasteiger partial charge in [0.1, 0.15) is 0 Å². The van der Waals surface area contributed by atoms with Crippen molar-refractivity contribution in [3.63, 3.8) is 0 Å². The molecule has 3 amide bonds. The number of carbonyl (C=O) groups is 2. The van der Waals surface area contributed by atoms with E-state index < -0.39 is 11.9 Å². The molecule has 3 heterocycles. The van der Waals surface area contributed by atoms with Crippen molar-refractivity contribution >= 4 is 46.6 Å². The maximum Gasteiger partial charge on any atom is 0.446 e. The minimum atomic E-state index is -0.405. The Morgan fingerprint density at radius 1 is 1.15 bits per heavy atom. The van der Waals surface area contributed by atoms with Crippen molar-refractivity contribution in [2.75, 3.05) is 51.7 Å². The molecule has 0 aromatic heterocycles. The van der Waals surface area contributed by atoms with E-state index >= 15 is 0 Å². The van der Waals surface area contributed by atoms with Gasteiger partial charge in [0.2, 0.25) is 11.5 Å². The first-order valence-electron chi connectivity index (χ1n) is 8.76. The molecule has 9 heteroatoms. The number of amides is 3. The molecule has 0 spiro atoms. The summed E-state index contributed by atoms with van der Waals surface area (Å²) in [4.78, 5) is 38.7.